The lowest BCUT2D eigenvalue weighted by Gasteiger charge is -2.21. The second-order valence-electron chi connectivity index (χ2n) is 5.42. The molecule has 2 heterocycles. The zero-order valence-corrected chi connectivity index (χ0v) is 12.6. The van der Waals surface area contributed by atoms with Crippen LogP contribution in [-0.2, 0) is 16.0 Å². The second-order valence-corrected chi connectivity index (χ2v) is 5.42. The van der Waals surface area contributed by atoms with Gasteiger partial charge in [0, 0.05) is 19.8 Å². The van der Waals surface area contributed by atoms with Crippen LogP contribution < -0.4 is 0 Å². The maximum atomic E-state index is 12.2. The van der Waals surface area contributed by atoms with Crippen molar-refractivity contribution >= 4 is 5.97 Å². The molecule has 20 heavy (non-hydrogen) atoms. The highest BCUT2D eigenvalue weighted by Crippen LogP contribution is 2.18. The lowest BCUT2D eigenvalue weighted by Crippen LogP contribution is -2.22. The van der Waals surface area contributed by atoms with Gasteiger partial charge < -0.3 is 9.47 Å². The van der Waals surface area contributed by atoms with Crippen LogP contribution in [0.3, 0.4) is 0 Å². The Morgan fingerprint density at radius 1 is 1.40 bits per heavy atom. The highest BCUT2D eigenvalue weighted by Gasteiger charge is 2.22. The predicted octanol–water partition coefficient (Wildman–Crippen LogP) is 2.49. The van der Waals surface area contributed by atoms with E-state index in [9.17, 15) is 4.79 Å². The monoisotopic (exact) mass is 280 g/mol. The van der Waals surface area contributed by atoms with Crippen molar-refractivity contribution in [2.24, 2.45) is 5.92 Å². The first-order valence-electron chi connectivity index (χ1n) is 7.42. The summed E-state index contributed by atoms with van der Waals surface area (Å²) < 4.78 is 12.7. The van der Waals surface area contributed by atoms with E-state index in [1.54, 1.807) is 0 Å². The first-order valence-corrected chi connectivity index (χ1v) is 7.42. The second kappa shape index (κ2) is 6.88. The number of esters is 1. The fourth-order valence-electron chi connectivity index (χ4n) is 2.60. The number of nitrogens with zero attached hydrogens (tertiary/aromatic N) is 2. The van der Waals surface area contributed by atoms with Gasteiger partial charge in [0.05, 0.1) is 18.0 Å². The Hall–Kier alpha value is -1.36. The summed E-state index contributed by atoms with van der Waals surface area (Å²) in [4.78, 5) is 12.2. The predicted molar refractivity (Wildman–Crippen MR) is 75.8 cm³/mol. The van der Waals surface area contributed by atoms with Crippen LogP contribution in [0.2, 0.25) is 0 Å². The van der Waals surface area contributed by atoms with Crippen molar-refractivity contribution in [3.05, 3.63) is 17.0 Å². The molecule has 0 bridgehead atoms. The van der Waals surface area contributed by atoms with Crippen LogP contribution in [0.15, 0.2) is 0 Å². The molecule has 2 rings (SSSR count). The van der Waals surface area contributed by atoms with Gasteiger partial charge in [-0.3, -0.25) is 4.68 Å². The summed E-state index contributed by atoms with van der Waals surface area (Å²) in [5, 5.41) is 4.41. The van der Waals surface area contributed by atoms with Crippen LogP contribution in [-0.4, -0.2) is 35.6 Å². The summed E-state index contributed by atoms with van der Waals surface area (Å²) in [6.07, 6.45) is 2.94. The van der Waals surface area contributed by atoms with E-state index in [0.717, 1.165) is 50.4 Å². The first kappa shape index (κ1) is 15.0. The molecule has 0 spiro atoms. The molecule has 5 nitrogen and oxygen atoms in total. The van der Waals surface area contributed by atoms with Crippen LogP contribution in [0.5, 0.6) is 0 Å². The van der Waals surface area contributed by atoms with Crippen LogP contribution in [0.4, 0.5) is 0 Å². The molecule has 1 fully saturated rings. The third-order valence-corrected chi connectivity index (χ3v) is 3.81. The van der Waals surface area contributed by atoms with E-state index in [-0.39, 0.29) is 5.97 Å². The summed E-state index contributed by atoms with van der Waals surface area (Å²) >= 11 is 0. The number of carbonyl (C=O) groups excluding carboxylic acids is 1. The molecule has 0 unspecified atom stereocenters. The Bertz CT molecular complexity index is 462. The van der Waals surface area contributed by atoms with Crippen molar-refractivity contribution < 1.29 is 14.3 Å². The van der Waals surface area contributed by atoms with E-state index < -0.39 is 0 Å². The van der Waals surface area contributed by atoms with Crippen LogP contribution >= 0.6 is 0 Å². The SMILES string of the molecule is CCCn1nc(C)c(C(=O)OCC2CCOCC2)c1C. The Balaban J connectivity index is 1.97. The Morgan fingerprint density at radius 2 is 2.10 bits per heavy atom. The lowest BCUT2D eigenvalue weighted by atomic mass is 10.0. The molecule has 0 N–H and O–H groups in total. The van der Waals surface area contributed by atoms with Crippen molar-refractivity contribution in [2.75, 3.05) is 19.8 Å². The summed E-state index contributed by atoms with van der Waals surface area (Å²) in [6, 6.07) is 0. The summed E-state index contributed by atoms with van der Waals surface area (Å²) in [5.74, 6) is 0.188. The normalized spacial score (nSPS) is 16.4. The highest BCUT2D eigenvalue weighted by atomic mass is 16.5. The zero-order chi connectivity index (χ0) is 14.5. The molecule has 0 radical (unpaired) electrons. The van der Waals surface area contributed by atoms with E-state index in [1.807, 2.05) is 18.5 Å². The maximum absolute atomic E-state index is 12.2. The number of ether oxygens (including phenoxy) is 2. The van der Waals surface area contributed by atoms with Gasteiger partial charge in [0.15, 0.2) is 0 Å². The minimum Gasteiger partial charge on any atom is -0.462 e. The molecule has 5 heteroatoms. The van der Waals surface area contributed by atoms with Crippen molar-refractivity contribution in [3.8, 4) is 0 Å². The third kappa shape index (κ3) is 3.39. The number of aryl methyl sites for hydroxylation is 2. The number of aromatic nitrogens is 2. The molecule has 0 aromatic carbocycles. The summed E-state index contributed by atoms with van der Waals surface area (Å²) in [7, 11) is 0. The molecule has 112 valence electrons. The van der Waals surface area contributed by atoms with Crippen LogP contribution in [0, 0.1) is 19.8 Å². The van der Waals surface area contributed by atoms with Gasteiger partial charge in [-0.25, -0.2) is 4.79 Å². The van der Waals surface area contributed by atoms with E-state index in [2.05, 4.69) is 12.0 Å². The number of carbonyl (C=O) groups is 1. The van der Waals surface area contributed by atoms with Gasteiger partial charge in [0.1, 0.15) is 5.56 Å². The van der Waals surface area contributed by atoms with Crippen molar-refractivity contribution in [1.82, 2.24) is 9.78 Å². The molecule has 0 saturated carbocycles. The van der Waals surface area contributed by atoms with Crippen molar-refractivity contribution in [1.29, 1.82) is 0 Å². The Morgan fingerprint density at radius 3 is 2.75 bits per heavy atom. The topological polar surface area (TPSA) is 53.4 Å². The fraction of sp³-hybridized carbons (Fsp3) is 0.733. The van der Waals surface area contributed by atoms with Gasteiger partial charge in [-0.05, 0) is 39.0 Å². The largest absolute Gasteiger partial charge is 0.462 e. The number of rotatable bonds is 5. The molecule has 1 aliphatic rings. The molecular formula is C15H24N2O3. The van der Waals surface area contributed by atoms with E-state index in [4.69, 9.17) is 9.47 Å². The number of hydrogen-bond donors (Lipinski definition) is 0. The van der Waals surface area contributed by atoms with Crippen LogP contribution in [0.25, 0.3) is 0 Å². The smallest absolute Gasteiger partial charge is 0.341 e. The molecular weight excluding hydrogens is 256 g/mol. The standard InChI is InChI=1S/C15H24N2O3/c1-4-7-17-12(3)14(11(2)16-17)15(18)20-10-13-5-8-19-9-6-13/h13H,4-10H2,1-3H3. The molecule has 0 amide bonds. The van der Waals surface area contributed by atoms with Gasteiger partial charge in [-0.1, -0.05) is 6.92 Å². The van der Waals surface area contributed by atoms with E-state index >= 15 is 0 Å². The minimum atomic E-state index is -0.242. The van der Waals surface area contributed by atoms with Gasteiger partial charge in [-0.15, -0.1) is 0 Å². The van der Waals surface area contributed by atoms with Gasteiger partial charge in [0.25, 0.3) is 0 Å². The van der Waals surface area contributed by atoms with Crippen molar-refractivity contribution in [3.63, 3.8) is 0 Å². The molecule has 0 atom stereocenters. The lowest BCUT2D eigenvalue weighted by molar-refractivity contribution is 0.0184. The average molecular weight is 280 g/mol. The first-order chi connectivity index (χ1) is 9.63. The molecule has 1 aromatic rings. The summed E-state index contributed by atoms with van der Waals surface area (Å²) in [6.45, 7) is 8.76. The van der Waals surface area contributed by atoms with Crippen LogP contribution in [0.1, 0.15) is 47.9 Å². The van der Waals surface area contributed by atoms with E-state index in [1.165, 1.54) is 0 Å². The Labute approximate surface area is 120 Å². The number of hydrogen-bond acceptors (Lipinski definition) is 4. The molecule has 0 aliphatic carbocycles. The average Bonchev–Trinajstić information content (AvgIpc) is 2.73. The molecule has 1 aliphatic heterocycles. The highest BCUT2D eigenvalue weighted by molar-refractivity contribution is 5.91. The van der Waals surface area contributed by atoms with E-state index in [0.29, 0.717) is 18.1 Å². The molecule has 1 aromatic heterocycles. The zero-order valence-electron chi connectivity index (χ0n) is 12.6. The minimum absolute atomic E-state index is 0.242. The van der Waals surface area contributed by atoms with Gasteiger partial charge in [-0.2, -0.15) is 5.10 Å². The summed E-state index contributed by atoms with van der Waals surface area (Å²) in [5.41, 5.74) is 2.29. The van der Waals surface area contributed by atoms with Gasteiger partial charge >= 0.3 is 5.97 Å². The quantitative estimate of drug-likeness (QED) is 0.778. The third-order valence-electron chi connectivity index (χ3n) is 3.81. The fourth-order valence-corrected chi connectivity index (χ4v) is 2.60. The molecule has 1 saturated heterocycles. The maximum Gasteiger partial charge on any atom is 0.341 e. The Kier molecular flexibility index (Phi) is 5.17. The van der Waals surface area contributed by atoms with Gasteiger partial charge in [0.2, 0.25) is 0 Å². The van der Waals surface area contributed by atoms with Crippen molar-refractivity contribution in [2.45, 2.75) is 46.6 Å².